The van der Waals surface area contributed by atoms with Gasteiger partial charge in [-0.25, -0.2) is 9.07 Å². The van der Waals surface area contributed by atoms with Gasteiger partial charge in [-0.3, -0.25) is 0 Å². The molecule has 2 aromatic carbocycles. The maximum absolute atomic E-state index is 13.7. The predicted octanol–water partition coefficient (Wildman–Crippen LogP) is 3.11. The molecule has 0 bridgehead atoms. The molecule has 4 rings (SSSR count). The van der Waals surface area contributed by atoms with Crippen LogP contribution < -0.4 is 14.8 Å². The highest BCUT2D eigenvalue weighted by molar-refractivity contribution is 5.48. The van der Waals surface area contributed by atoms with Crippen LogP contribution in [0.15, 0.2) is 54.9 Å². The number of benzene rings is 2. The molecule has 134 valence electrons. The molecule has 0 spiro atoms. The lowest BCUT2D eigenvalue weighted by Crippen LogP contribution is -2.39. The van der Waals surface area contributed by atoms with E-state index in [-0.39, 0.29) is 11.9 Å². The van der Waals surface area contributed by atoms with E-state index in [4.69, 9.17) is 9.47 Å². The third-order valence-electron chi connectivity index (χ3n) is 4.55. The summed E-state index contributed by atoms with van der Waals surface area (Å²) in [6.07, 6.45) is 4.39. The van der Waals surface area contributed by atoms with Crippen LogP contribution in [0.25, 0.3) is 5.69 Å². The average molecular weight is 353 g/mol. The Balaban J connectivity index is 1.49. The van der Waals surface area contributed by atoms with Crippen LogP contribution in [0.3, 0.4) is 0 Å². The zero-order valence-electron chi connectivity index (χ0n) is 14.5. The van der Waals surface area contributed by atoms with Gasteiger partial charge in [0, 0.05) is 25.0 Å². The van der Waals surface area contributed by atoms with Gasteiger partial charge in [-0.15, -0.1) is 0 Å². The molecule has 0 unspecified atom stereocenters. The van der Waals surface area contributed by atoms with Crippen molar-refractivity contribution in [1.82, 2.24) is 15.1 Å². The molecular weight excluding hydrogens is 333 g/mol. The van der Waals surface area contributed by atoms with E-state index >= 15 is 0 Å². The lowest BCUT2D eigenvalue weighted by Gasteiger charge is -2.27. The Labute approximate surface area is 151 Å². The van der Waals surface area contributed by atoms with Crippen LogP contribution in [0, 0.1) is 5.82 Å². The Kier molecular flexibility index (Phi) is 4.58. The first-order chi connectivity index (χ1) is 12.7. The molecule has 5 nitrogen and oxygen atoms in total. The first-order valence-electron chi connectivity index (χ1n) is 8.55. The van der Waals surface area contributed by atoms with Crippen LogP contribution in [0.5, 0.6) is 11.5 Å². The van der Waals surface area contributed by atoms with Gasteiger partial charge in [0.2, 0.25) is 0 Å². The first-order valence-corrected chi connectivity index (χ1v) is 8.55. The van der Waals surface area contributed by atoms with E-state index in [1.807, 2.05) is 30.5 Å². The van der Waals surface area contributed by atoms with Gasteiger partial charge in [0.1, 0.15) is 12.4 Å². The average Bonchev–Trinajstić information content (AvgIpc) is 3.20. The van der Waals surface area contributed by atoms with Crippen molar-refractivity contribution >= 4 is 0 Å². The summed E-state index contributed by atoms with van der Waals surface area (Å²) in [4.78, 5) is 0. The lowest BCUT2D eigenvalue weighted by atomic mass is 10.0. The second-order valence-electron chi connectivity index (χ2n) is 6.27. The van der Waals surface area contributed by atoms with Crippen molar-refractivity contribution in [2.45, 2.75) is 19.0 Å². The van der Waals surface area contributed by atoms with E-state index in [1.165, 1.54) is 6.07 Å². The molecule has 1 atom stereocenters. The number of rotatable bonds is 5. The summed E-state index contributed by atoms with van der Waals surface area (Å²) in [6, 6.07) is 12.6. The van der Waals surface area contributed by atoms with Crippen molar-refractivity contribution < 1.29 is 13.9 Å². The van der Waals surface area contributed by atoms with Crippen molar-refractivity contribution in [3.63, 3.8) is 0 Å². The highest BCUT2D eigenvalue weighted by atomic mass is 19.1. The maximum Gasteiger partial charge on any atom is 0.164 e. The van der Waals surface area contributed by atoms with Crippen molar-refractivity contribution in [3.05, 3.63) is 71.8 Å². The number of nitrogens with zero attached hydrogens (tertiary/aromatic N) is 2. The number of fused-ring (bicyclic) bond motifs is 1. The van der Waals surface area contributed by atoms with Gasteiger partial charge in [-0.1, -0.05) is 12.1 Å². The molecule has 1 N–H and O–H groups in total. The molecule has 26 heavy (non-hydrogen) atoms. The van der Waals surface area contributed by atoms with Crippen molar-refractivity contribution in [2.75, 3.05) is 13.7 Å². The molecule has 1 aliphatic rings. The van der Waals surface area contributed by atoms with E-state index in [0.29, 0.717) is 13.2 Å². The predicted molar refractivity (Wildman–Crippen MR) is 96.3 cm³/mol. The molecule has 0 radical (unpaired) electrons. The first kappa shape index (κ1) is 16.6. The monoisotopic (exact) mass is 353 g/mol. The van der Waals surface area contributed by atoms with Gasteiger partial charge in [-0.2, -0.15) is 5.10 Å². The largest absolute Gasteiger partial charge is 0.493 e. The van der Waals surface area contributed by atoms with Crippen LogP contribution in [0.1, 0.15) is 11.1 Å². The fraction of sp³-hybridized carbons (Fsp3) is 0.250. The normalized spacial score (nSPS) is 16.0. The van der Waals surface area contributed by atoms with Crippen molar-refractivity contribution in [2.24, 2.45) is 0 Å². The molecule has 1 aromatic heterocycles. The Morgan fingerprint density at radius 1 is 1.31 bits per heavy atom. The molecule has 0 saturated carbocycles. The van der Waals surface area contributed by atoms with Gasteiger partial charge >= 0.3 is 0 Å². The second-order valence-corrected chi connectivity index (χ2v) is 6.27. The Bertz CT molecular complexity index is 896. The van der Waals surface area contributed by atoms with Gasteiger partial charge < -0.3 is 14.8 Å². The minimum Gasteiger partial charge on any atom is -0.493 e. The number of nitrogens with one attached hydrogen (secondary N) is 1. The van der Waals surface area contributed by atoms with Crippen LogP contribution >= 0.6 is 0 Å². The van der Waals surface area contributed by atoms with Crippen LogP contribution in [0.2, 0.25) is 0 Å². The second kappa shape index (κ2) is 7.17. The van der Waals surface area contributed by atoms with Crippen molar-refractivity contribution in [1.29, 1.82) is 0 Å². The van der Waals surface area contributed by atoms with E-state index < -0.39 is 0 Å². The zero-order chi connectivity index (χ0) is 17.9. The molecule has 0 saturated heterocycles. The summed E-state index contributed by atoms with van der Waals surface area (Å²) in [5.41, 5.74) is 2.83. The topological polar surface area (TPSA) is 48.3 Å². The number of hydrogen-bond donors (Lipinski definition) is 1. The number of methoxy groups -OCH3 is 1. The smallest absolute Gasteiger partial charge is 0.164 e. The summed E-state index contributed by atoms with van der Waals surface area (Å²) < 4.78 is 26.7. The minimum absolute atomic E-state index is 0.142. The molecule has 0 fully saturated rings. The Morgan fingerprint density at radius 2 is 2.23 bits per heavy atom. The summed E-state index contributed by atoms with van der Waals surface area (Å²) in [7, 11) is 1.64. The standard InChI is InChI=1S/C20H20FN3O2/c1-25-19-5-2-4-14-11-17(13-26-20(14)19)22-12-15-10-16(21)6-7-18(15)24-9-3-8-23-24/h2-10,17,22H,11-13H2,1H3/t17-/m0/s1. The Morgan fingerprint density at radius 3 is 3.04 bits per heavy atom. The number of para-hydroxylation sites is 1. The number of hydrogen-bond acceptors (Lipinski definition) is 4. The quantitative estimate of drug-likeness (QED) is 0.766. The van der Waals surface area contributed by atoms with Gasteiger partial charge in [0.15, 0.2) is 11.5 Å². The zero-order valence-corrected chi connectivity index (χ0v) is 14.5. The third-order valence-corrected chi connectivity index (χ3v) is 4.55. The summed E-state index contributed by atoms with van der Waals surface area (Å²) in [5, 5.41) is 7.72. The fourth-order valence-corrected chi connectivity index (χ4v) is 3.27. The highest BCUT2D eigenvalue weighted by Gasteiger charge is 2.22. The van der Waals surface area contributed by atoms with E-state index in [2.05, 4.69) is 10.4 Å². The lowest BCUT2D eigenvalue weighted by molar-refractivity contribution is 0.226. The number of halogens is 1. The summed E-state index contributed by atoms with van der Waals surface area (Å²) in [5.74, 6) is 1.32. The van der Waals surface area contributed by atoms with Gasteiger partial charge in [0.05, 0.1) is 12.8 Å². The minimum atomic E-state index is -0.257. The molecule has 6 heteroatoms. The SMILES string of the molecule is COc1cccc2c1OC[C@@H](NCc1cc(F)ccc1-n1cccn1)C2. The molecule has 1 aliphatic heterocycles. The summed E-state index contributed by atoms with van der Waals surface area (Å²) in [6.45, 7) is 1.07. The van der Waals surface area contributed by atoms with Crippen LogP contribution in [-0.2, 0) is 13.0 Å². The van der Waals surface area contributed by atoms with E-state index in [1.54, 1.807) is 30.1 Å². The molecule has 2 heterocycles. The van der Waals surface area contributed by atoms with Crippen LogP contribution in [0.4, 0.5) is 4.39 Å². The van der Waals surface area contributed by atoms with Gasteiger partial charge in [0.25, 0.3) is 0 Å². The van der Waals surface area contributed by atoms with E-state index in [0.717, 1.165) is 34.7 Å². The highest BCUT2D eigenvalue weighted by Crippen LogP contribution is 2.34. The molecule has 0 amide bonds. The molecule has 3 aromatic rings. The third kappa shape index (κ3) is 3.28. The van der Waals surface area contributed by atoms with Crippen molar-refractivity contribution in [3.8, 4) is 17.2 Å². The van der Waals surface area contributed by atoms with Crippen LogP contribution in [-0.4, -0.2) is 29.5 Å². The Hall–Kier alpha value is -2.86. The fourth-order valence-electron chi connectivity index (χ4n) is 3.27. The maximum atomic E-state index is 13.7. The molecule has 0 aliphatic carbocycles. The van der Waals surface area contributed by atoms with Gasteiger partial charge in [-0.05, 0) is 47.9 Å². The number of ether oxygens (including phenoxy) is 2. The number of aromatic nitrogens is 2. The van der Waals surface area contributed by atoms with E-state index in [9.17, 15) is 4.39 Å². The summed E-state index contributed by atoms with van der Waals surface area (Å²) >= 11 is 0. The molecular formula is C20H20FN3O2.